The first-order chi connectivity index (χ1) is 26.7. The fraction of sp³-hybridized carbons (Fsp3) is 0.188. The minimum atomic E-state index is -0.746. The Bertz CT molecular complexity index is 2480. The van der Waals surface area contributed by atoms with Gasteiger partial charge in [0, 0.05) is 22.3 Å². The van der Waals surface area contributed by atoms with Crippen LogP contribution in [0.1, 0.15) is 71.2 Å². The molecule has 7 nitrogen and oxygen atoms in total. The van der Waals surface area contributed by atoms with Gasteiger partial charge in [-0.3, -0.25) is 4.99 Å². The number of benzene rings is 6. The number of amidine groups is 2. The van der Waals surface area contributed by atoms with Crippen molar-refractivity contribution in [2.24, 2.45) is 15.0 Å². The van der Waals surface area contributed by atoms with Crippen LogP contribution in [0.5, 0.6) is 23.0 Å². The van der Waals surface area contributed by atoms with E-state index in [1.165, 1.54) is 11.1 Å². The van der Waals surface area contributed by atoms with E-state index in [9.17, 15) is 20.4 Å². The van der Waals surface area contributed by atoms with Crippen LogP contribution in [-0.4, -0.2) is 38.8 Å². The molecule has 0 atom stereocenters. The van der Waals surface area contributed by atoms with E-state index in [1.807, 2.05) is 49.4 Å². The molecule has 0 spiro atoms. The lowest BCUT2D eigenvalue weighted by Gasteiger charge is -2.17. The zero-order chi connectivity index (χ0) is 38.6. The summed E-state index contributed by atoms with van der Waals surface area (Å²) in [5.41, 5.74) is 13.0. The first-order valence-electron chi connectivity index (χ1n) is 18.8. The maximum absolute atomic E-state index is 11.0. The molecule has 6 aromatic carbocycles. The molecule has 1 aliphatic rings. The zero-order valence-electron chi connectivity index (χ0n) is 31.5. The van der Waals surface area contributed by atoms with Crippen LogP contribution in [0.25, 0.3) is 33.4 Å². The molecule has 0 radical (unpaired) electrons. The highest BCUT2D eigenvalue weighted by Crippen LogP contribution is 2.52. The Balaban J connectivity index is 1.33. The van der Waals surface area contributed by atoms with Crippen LogP contribution in [0.15, 0.2) is 124 Å². The van der Waals surface area contributed by atoms with Crippen molar-refractivity contribution in [2.75, 3.05) is 0 Å². The van der Waals surface area contributed by atoms with Crippen LogP contribution in [-0.2, 0) is 25.8 Å². The van der Waals surface area contributed by atoms with E-state index in [1.54, 1.807) is 0 Å². The second kappa shape index (κ2) is 15.9. The number of hydrogen-bond donors (Lipinski definition) is 4. The normalized spacial score (nSPS) is 12.4. The Hall–Kier alpha value is -6.47. The second-order valence-electron chi connectivity index (χ2n) is 14.0. The Morgan fingerprint density at radius 2 is 1.31 bits per heavy atom. The van der Waals surface area contributed by atoms with Crippen molar-refractivity contribution in [1.29, 1.82) is 0 Å². The number of phenols is 4. The minimum absolute atomic E-state index is 0.297. The highest BCUT2D eigenvalue weighted by atomic mass is 16.3. The van der Waals surface area contributed by atoms with E-state index in [4.69, 9.17) is 9.98 Å². The minimum Gasteiger partial charge on any atom is -0.504 e. The van der Waals surface area contributed by atoms with Gasteiger partial charge in [0.15, 0.2) is 23.2 Å². The fourth-order valence-corrected chi connectivity index (χ4v) is 7.68. The lowest BCUT2D eigenvalue weighted by atomic mass is 9.91. The number of aliphatic imine (C=N–C) groups is 3. The average molecular weight is 728 g/mol. The standard InChI is InChI=1S/C48H45N3O4/c1-5-13-31-17-10-11-18-38(31)36-19-12-20-37(29(36)3)48(50-28-30-15-8-7-9-16-30)51-47(49-4)35-24-22-33-25-32-21-23-34(26-40(32)41(33)27-35)42-39(14-6-2)43(52)45(54)46(55)44(42)53/h7-12,15-24,26-27,52-55H,4-6,13-14,25,28H2,1-3H3. The smallest absolute Gasteiger partial charge is 0.204 e. The van der Waals surface area contributed by atoms with Crippen molar-refractivity contribution in [2.45, 2.75) is 59.4 Å². The van der Waals surface area contributed by atoms with Gasteiger partial charge in [0.1, 0.15) is 0 Å². The first kappa shape index (κ1) is 36.9. The summed E-state index contributed by atoms with van der Waals surface area (Å²) in [6.07, 6.45) is 3.81. The third-order valence-electron chi connectivity index (χ3n) is 10.5. The molecule has 0 bridgehead atoms. The number of phenolic OH excluding ortho intramolecular Hbond substituents is 4. The summed E-state index contributed by atoms with van der Waals surface area (Å²) < 4.78 is 0. The van der Waals surface area contributed by atoms with Crippen molar-refractivity contribution in [1.82, 2.24) is 0 Å². The quantitative estimate of drug-likeness (QED) is 0.0485. The molecule has 7 rings (SSSR count). The molecule has 0 fully saturated rings. The maximum atomic E-state index is 11.0. The van der Waals surface area contributed by atoms with Gasteiger partial charge in [-0.25, -0.2) is 9.98 Å². The van der Waals surface area contributed by atoms with E-state index in [-0.39, 0.29) is 0 Å². The molecule has 6 aromatic rings. The molecule has 0 saturated heterocycles. The van der Waals surface area contributed by atoms with Crippen LogP contribution in [0, 0.1) is 6.92 Å². The predicted molar refractivity (Wildman–Crippen MR) is 224 cm³/mol. The molecule has 4 N–H and O–H groups in total. The molecule has 0 aromatic heterocycles. The van der Waals surface area contributed by atoms with Gasteiger partial charge >= 0.3 is 0 Å². The Morgan fingerprint density at radius 1 is 0.636 bits per heavy atom. The number of fused-ring (bicyclic) bond motifs is 3. The van der Waals surface area contributed by atoms with Crippen molar-refractivity contribution in [3.8, 4) is 56.4 Å². The summed E-state index contributed by atoms with van der Waals surface area (Å²) in [5.74, 6) is -1.36. The first-order valence-corrected chi connectivity index (χ1v) is 18.8. The second-order valence-corrected chi connectivity index (χ2v) is 14.0. The fourth-order valence-electron chi connectivity index (χ4n) is 7.68. The van der Waals surface area contributed by atoms with Gasteiger partial charge in [0.2, 0.25) is 11.5 Å². The summed E-state index contributed by atoms with van der Waals surface area (Å²) in [5, 5.41) is 42.6. The maximum Gasteiger partial charge on any atom is 0.204 e. The predicted octanol–water partition coefficient (Wildman–Crippen LogP) is 10.7. The zero-order valence-corrected chi connectivity index (χ0v) is 31.5. The summed E-state index contributed by atoms with van der Waals surface area (Å²) in [7, 11) is 0. The van der Waals surface area contributed by atoms with Crippen LogP contribution in [0.3, 0.4) is 0 Å². The number of aromatic hydroxyl groups is 4. The topological polar surface area (TPSA) is 118 Å². The van der Waals surface area contributed by atoms with Gasteiger partial charge in [-0.1, -0.05) is 124 Å². The lowest BCUT2D eigenvalue weighted by molar-refractivity contribution is 0.344. The summed E-state index contributed by atoms with van der Waals surface area (Å²) >= 11 is 0. The Kier molecular flexibility index (Phi) is 10.6. The molecule has 7 heteroatoms. The Labute approximate surface area is 322 Å². The van der Waals surface area contributed by atoms with Gasteiger partial charge in [0.25, 0.3) is 0 Å². The third-order valence-corrected chi connectivity index (χ3v) is 10.5. The number of rotatable bonds is 10. The van der Waals surface area contributed by atoms with Crippen LogP contribution in [0.4, 0.5) is 0 Å². The lowest BCUT2D eigenvalue weighted by Crippen LogP contribution is -2.08. The van der Waals surface area contributed by atoms with E-state index in [0.717, 1.165) is 62.9 Å². The van der Waals surface area contributed by atoms with Crippen LogP contribution < -0.4 is 0 Å². The number of aryl methyl sites for hydroxylation is 1. The van der Waals surface area contributed by atoms with Gasteiger partial charge in [-0.05, 0) is 101 Å². The van der Waals surface area contributed by atoms with E-state index in [2.05, 4.69) is 92.3 Å². The molecule has 0 amide bonds. The van der Waals surface area contributed by atoms with E-state index < -0.39 is 23.0 Å². The van der Waals surface area contributed by atoms with Crippen molar-refractivity contribution in [3.05, 3.63) is 154 Å². The molecular formula is C48H45N3O4. The number of nitrogens with zero attached hydrogens (tertiary/aromatic N) is 3. The molecule has 0 heterocycles. The summed E-state index contributed by atoms with van der Waals surface area (Å²) in [4.78, 5) is 14.7. The monoisotopic (exact) mass is 727 g/mol. The molecule has 276 valence electrons. The van der Waals surface area contributed by atoms with Gasteiger partial charge < -0.3 is 20.4 Å². The number of hydrogen-bond acceptors (Lipinski definition) is 5. The molecule has 0 unspecified atom stereocenters. The molecule has 0 aliphatic heterocycles. The highest BCUT2D eigenvalue weighted by molar-refractivity contribution is 6.14. The van der Waals surface area contributed by atoms with E-state index >= 15 is 0 Å². The van der Waals surface area contributed by atoms with Crippen molar-refractivity contribution < 1.29 is 20.4 Å². The van der Waals surface area contributed by atoms with Crippen molar-refractivity contribution in [3.63, 3.8) is 0 Å². The molecular weight excluding hydrogens is 683 g/mol. The molecule has 0 saturated carbocycles. The van der Waals surface area contributed by atoms with Crippen molar-refractivity contribution >= 4 is 18.4 Å². The van der Waals surface area contributed by atoms with Gasteiger partial charge in [-0.15, -0.1) is 0 Å². The van der Waals surface area contributed by atoms with Gasteiger partial charge in [-0.2, -0.15) is 0 Å². The summed E-state index contributed by atoms with van der Waals surface area (Å²) in [6.45, 7) is 10.7. The van der Waals surface area contributed by atoms with Crippen LogP contribution in [0.2, 0.25) is 0 Å². The summed E-state index contributed by atoms with van der Waals surface area (Å²) in [6, 6.07) is 37.0. The van der Waals surface area contributed by atoms with Crippen LogP contribution >= 0.6 is 0 Å². The highest BCUT2D eigenvalue weighted by Gasteiger charge is 2.26. The molecule has 1 aliphatic carbocycles. The average Bonchev–Trinajstić information content (AvgIpc) is 3.58. The van der Waals surface area contributed by atoms with E-state index in [0.29, 0.717) is 54.2 Å². The Morgan fingerprint density at radius 3 is 2.05 bits per heavy atom. The largest absolute Gasteiger partial charge is 0.504 e. The SMILES string of the molecule is C=NC(=NC(=NCc1ccccc1)c1cccc(-c2ccccc2CCC)c1C)c1ccc2c(c1)-c1cc(-c3c(O)c(O)c(O)c(O)c3CCC)ccc1C2. The third kappa shape index (κ3) is 7.13. The molecule has 55 heavy (non-hydrogen) atoms. The van der Waals surface area contributed by atoms with Gasteiger partial charge in [0.05, 0.1) is 6.54 Å².